The highest BCUT2D eigenvalue weighted by molar-refractivity contribution is 9.10. The first-order valence-corrected chi connectivity index (χ1v) is 6.05. The fraction of sp³-hybridized carbons (Fsp3) is 0.417. The maximum Gasteiger partial charge on any atom is 0.303 e. The van der Waals surface area contributed by atoms with Gasteiger partial charge in [0.05, 0.1) is 6.61 Å². The highest BCUT2D eigenvalue weighted by atomic mass is 79.9. The van der Waals surface area contributed by atoms with E-state index in [2.05, 4.69) is 15.9 Å². The molecule has 1 N–H and O–H groups in total. The van der Waals surface area contributed by atoms with Crippen molar-refractivity contribution in [2.75, 3.05) is 6.61 Å². The van der Waals surface area contributed by atoms with Crippen molar-refractivity contribution in [3.63, 3.8) is 0 Å². The van der Waals surface area contributed by atoms with Gasteiger partial charge in [-0.1, -0.05) is 15.9 Å². The lowest BCUT2D eigenvalue weighted by molar-refractivity contribution is -0.137. The molecule has 0 aromatic heterocycles. The van der Waals surface area contributed by atoms with Crippen molar-refractivity contribution in [1.29, 1.82) is 0 Å². The molecule has 1 aromatic carbocycles. The van der Waals surface area contributed by atoms with Crippen LogP contribution < -0.4 is 4.74 Å². The standard InChI is InChI=1S/C12H15BrO3/c1-2-16-11-7-6-10(13)8-9(11)4-3-5-12(14)15/h6-8H,2-5H2,1H3,(H,14,15). The van der Waals surface area contributed by atoms with Crippen LogP contribution in [0.4, 0.5) is 0 Å². The highest BCUT2D eigenvalue weighted by Gasteiger charge is 2.05. The lowest BCUT2D eigenvalue weighted by atomic mass is 10.1. The summed E-state index contributed by atoms with van der Waals surface area (Å²) in [4.78, 5) is 10.4. The molecule has 0 atom stereocenters. The predicted octanol–water partition coefficient (Wildman–Crippen LogP) is 3.26. The molecule has 1 rings (SSSR count). The van der Waals surface area contributed by atoms with E-state index in [0.29, 0.717) is 13.0 Å². The number of benzene rings is 1. The first-order chi connectivity index (χ1) is 7.63. The fourth-order valence-corrected chi connectivity index (χ4v) is 1.88. The van der Waals surface area contributed by atoms with Crippen molar-refractivity contribution in [1.82, 2.24) is 0 Å². The molecule has 0 bridgehead atoms. The Morgan fingerprint density at radius 3 is 2.88 bits per heavy atom. The summed E-state index contributed by atoms with van der Waals surface area (Å²) in [6, 6.07) is 5.81. The first kappa shape index (κ1) is 13.0. The highest BCUT2D eigenvalue weighted by Crippen LogP contribution is 2.24. The van der Waals surface area contributed by atoms with Crippen LogP contribution in [0.3, 0.4) is 0 Å². The van der Waals surface area contributed by atoms with Gasteiger partial charge in [0.2, 0.25) is 0 Å². The van der Waals surface area contributed by atoms with Crippen LogP contribution in [-0.4, -0.2) is 17.7 Å². The molecule has 88 valence electrons. The average Bonchev–Trinajstić information content (AvgIpc) is 2.21. The van der Waals surface area contributed by atoms with E-state index in [1.807, 2.05) is 25.1 Å². The summed E-state index contributed by atoms with van der Waals surface area (Å²) in [5.41, 5.74) is 1.05. The van der Waals surface area contributed by atoms with Gasteiger partial charge in [0.1, 0.15) is 5.75 Å². The van der Waals surface area contributed by atoms with Crippen molar-refractivity contribution in [2.24, 2.45) is 0 Å². The van der Waals surface area contributed by atoms with Gasteiger partial charge >= 0.3 is 5.97 Å². The minimum absolute atomic E-state index is 0.193. The van der Waals surface area contributed by atoms with Crippen LogP contribution in [0.1, 0.15) is 25.3 Å². The molecule has 0 aliphatic carbocycles. The third-order valence-electron chi connectivity index (χ3n) is 2.16. The molecule has 0 heterocycles. The topological polar surface area (TPSA) is 46.5 Å². The van der Waals surface area contributed by atoms with Crippen LogP contribution in [0.15, 0.2) is 22.7 Å². The van der Waals surface area contributed by atoms with Crippen LogP contribution in [0.25, 0.3) is 0 Å². The van der Waals surface area contributed by atoms with E-state index in [0.717, 1.165) is 22.2 Å². The molecule has 0 unspecified atom stereocenters. The van der Waals surface area contributed by atoms with E-state index < -0.39 is 5.97 Å². The van der Waals surface area contributed by atoms with Crippen molar-refractivity contribution < 1.29 is 14.6 Å². The molecule has 0 aliphatic heterocycles. The smallest absolute Gasteiger partial charge is 0.303 e. The summed E-state index contributed by atoms with van der Waals surface area (Å²) in [6.07, 6.45) is 1.55. The van der Waals surface area contributed by atoms with Gasteiger partial charge < -0.3 is 9.84 Å². The second kappa shape index (κ2) is 6.53. The van der Waals surface area contributed by atoms with Gasteiger partial charge in [-0.05, 0) is 43.5 Å². The van der Waals surface area contributed by atoms with Crippen molar-refractivity contribution >= 4 is 21.9 Å². The van der Waals surface area contributed by atoms with E-state index in [9.17, 15) is 4.79 Å². The molecule has 0 spiro atoms. The van der Waals surface area contributed by atoms with Crippen LogP contribution >= 0.6 is 15.9 Å². The van der Waals surface area contributed by atoms with E-state index in [1.165, 1.54) is 0 Å². The third kappa shape index (κ3) is 4.23. The Hall–Kier alpha value is -1.03. The van der Waals surface area contributed by atoms with Crippen molar-refractivity contribution in [3.8, 4) is 5.75 Å². The number of ether oxygens (including phenoxy) is 1. The number of aryl methyl sites for hydroxylation is 1. The van der Waals surface area contributed by atoms with Gasteiger partial charge in [0.15, 0.2) is 0 Å². The molecular weight excluding hydrogens is 272 g/mol. The Morgan fingerprint density at radius 2 is 2.25 bits per heavy atom. The van der Waals surface area contributed by atoms with Crippen LogP contribution in [0.5, 0.6) is 5.75 Å². The lowest BCUT2D eigenvalue weighted by Crippen LogP contribution is -1.99. The van der Waals surface area contributed by atoms with Crippen molar-refractivity contribution in [2.45, 2.75) is 26.2 Å². The zero-order valence-electron chi connectivity index (χ0n) is 9.20. The van der Waals surface area contributed by atoms with Crippen LogP contribution in [-0.2, 0) is 11.2 Å². The van der Waals surface area contributed by atoms with Crippen LogP contribution in [0.2, 0.25) is 0 Å². The summed E-state index contributed by atoms with van der Waals surface area (Å²) in [5.74, 6) is 0.0871. The Morgan fingerprint density at radius 1 is 1.50 bits per heavy atom. The Labute approximate surface area is 104 Å². The zero-order chi connectivity index (χ0) is 12.0. The quantitative estimate of drug-likeness (QED) is 0.873. The van der Waals surface area contributed by atoms with Gasteiger partial charge in [-0.15, -0.1) is 0 Å². The van der Waals surface area contributed by atoms with E-state index in [1.54, 1.807) is 0 Å². The van der Waals surface area contributed by atoms with Crippen LogP contribution in [0, 0.1) is 0 Å². The van der Waals surface area contributed by atoms with E-state index in [-0.39, 0.29) is 6.42 Å². The minimum atomic E-state index is -0.757. The third-order valence-corrected chi connectivity index (χ3v) is 2.65. The van der Waals surface area contributed by atoms with E-state index in [4.69, 9.17) is 9.84 Å². The van der Waals surface area contributed by atoms with Crippen molar-refractivity contribution in [3.05, 3.63) is 28.2 Å². The molecule has 0 aliphatic rings. The minimum Gasteiger partial charge on any atom is -0.494 e. The summed E-state index contributed by atoms with van der Waals surface area (Å²) in [6.45, 7) is 2.55. The largest absolute Gasteiger partial charge is 0.494 e. The summed E-state index contributed by atoms with van der Waals surface area (Å²) >= 11 is 3.40. The molecule has 4 heteroatoms. The Kier molecular flexibility index (Phi) is 5.32. The molecule has 0 saturated carbocycles. The maximum atomic E-state index is 10.4. The number of halogens is 1. The second-order valence-electron chi connectivity index (χ2n) is 3.43. The van der Waals surface area contributed by atoms with Gasteiger partial charge in [-0.25, -0.2) is 0 Å². The molecule has 0 amide bonds. The number of aliphatic carboxylic acids is 1. The molecule has 0 fully saturated rings. The fourth-order valence-electron chi connectivity index (χ4n) is 1.47. The van der Waals surface area contributed by atoms with Gasteiger partial charge in [0, 0.05) is 10.9 Å². The molecule has 3 nitrogen and oxygen atoms in total. The van der Waals surface area contributed by atoms with Gasteiger partial charge in [0.25, 0.3) is 0 Å². The molecule has 0 saturated heterocycles. The number of carboxylic acid groups (broad SMARTS) is 1. The molecule has 16 heavy (non-hydrogen) atoms. The first-order valence-electron chi connectivity index (χ1n) is 5.26. The number of hydrogen-bond acceptors (Lipinski definition) is 2. The normalized spacial score (nSPS) is 10.1. The predicted molar refractivity (Wildman–Crippen MR) is 65.9 cm³/mol. The second-order valence-corrected chi connectivity index (χ2v) is 4.35. The summed E-state index contributed by atoms with van der Waals surface area (Å²) in [5, 5.41) is 8.58. The Bertz CT molecular complexity index is 363. The van der Waals surface area contributed by atoms with Gasteiger partial charge in [-0.2, -0.15) is 0 Å². The molecule has 1 aromatic rings. The summed E-state index contributed by atoms with van der Waals surface area (Å²) in [7, 11) is 0. The number of carboxylic acids is 1. The van der Waals surface area contributed by atoms with E-state index >= 15 is 0 Å². The SMILES string of the molecule is CCOc1ccc(Br)cc1CCCC(=O)O. The number of carbonyl (C=O) groups is 1. The number of rotatable bonds is 6. The van der Waals surface area contributed by atoms with Gasteiger partial charge in [-0.3, -0.25) is 4.79 Å². The molecule has 0 radical (unpaired) electrons. The Balaban J connectivity index is 2.67. The zero-order valence-corrected chi connectivity index (χ0v) is 10.8. The monoisotopic (exact) mass is 286 g/mol. The number of hydrogen-bond donors (Lipinski definition) is 1. The average molecular weight is 287 g/mol. The maximum absolute atomic E-state index is 10.4. The lowest BCUT2D eigenvalue weighted by Gasteiger charge is -2.10. The summed E-state index contributed by atoms with van der Waals surface area (Å²) < 4.78 is 6.47. The molecular formula is C12H15BrO3.